The van der Waals surface area contributed by atoms with Crippen LogP contribution in [0.4, 0.5) is 0 Å². The zero-order valence-electron chi connectivity index (χ0n) is 13.9. The number of hydrogen-bond acceptors (Lipinski definition) is 5. The second-order valence-electron chi connectivity index (χ2n) is 6.42. The number of piperidine rings is 1. The van der Waals surface area contributed by atoms with Crippen molar-refractivity contribution in [2.75, 3.05) is 19.6 Å². The molecular formula is C18H21N3O3S. The molecule has 2 aliphatic heterocycles. The van der Waals surface area contributed by atoms with E-state index in [1.165, 1.54) is 19.3 Å². The molecule has 1 N–H and O–H groups in total. The van der Waals surface area contributed by atoms with Gasteiger partial charge in [0.1, 0.15) is 11.6 Å². The Morgan fingerprint density at radius 2 is 1.92 bits per heavy atom. The second kappa shape index (κ2) is 6.65. The minimum atomic E-state index is -3.50. The first-order valence-corrected chi connectivity index (χ1v) is 10.1. The maximum atomic E-state index is 12.2. The van der Waals surface area contributed by atoms with Gasteiger partial charge >= 0.3 is 0 Å². The van der Waals surface area contributed by atoms with Crippen molar-refractivity contribution in [2.45, 2.75) is 30.2 Å². The van der Waals surface area contributed by atoms with Crippen LogP contribution in [-0.2, 0) is 10.0 Å². The lowest BCUT2D eigenvalue weighted by Gasteiger charge is -2.32. The third-order valence-corrected chi connectivity index (χ3v) is 6.19. The quantitative estimate of drug-likeness (QED) is 0.910. The molecule has 6 nitrogen and oxygen atoms in total. The molecule has 0 bridgehead atoms. The van der Waals surface area contributed by atoms with E-state index in [1.807, 2.05) is 18.2 Å². The highest BCUT2D eigenvalue weighted by Crippen LogP contribution is 2.27. The van der Waals surface area contributed by atoms with Gasteiger partial charge in [-0.1, -0.05) is 18.6 Å². The van der Waals surface area contributed by atoms with E-state index in [-0.39, 0.29) is 6.04 Å². The number of nitrogens with one attached hydrogen (secondary N) is 1. The zero-order chi connectivity index (χ0) is 17.3. The van der Waals surface area contributed by atoms with Crippen LogP contribution in [0.3, 0.4) is 0 Å². The molecule has 2 aliphatic rings. The van der Waals surface area contributed by atoms with Crippen LogP contribution in [0.2, 0.25) is 0 Å². The maximum absolute atomic E-state index is 12.2. The molecule has 25 heavy (non-hydrogen) atoms. The number of aliphatic imine (C=N–C) groups is 1. The summed E-state index contributed by atoms with van der Waals surface area (Å²) < 4.78 is 32.6. The summed E-state index contributed by atoms with van der Waals surface area (Å²) in [6.45, 7) is 2.48. The molecular weight excluding hydrogens is 338 g/mol. The summed E-state index contributed by atoms with van der Waals surface area (Å²) >= 11 is 0. The van der Waals surface area contributed by atoms with Crippen molar-refractivity contribution >= 4 is 15.9 Å². The Bertz CT molecular complexity index is 869. The predicted octanol–water partition coefficient (Wildman–Crippen LogP) is 2.55. The van der Waals surface area contributed by atoms with Crippen molar-refractivity contribution in [3.8, 4) is 0 Å². The topological polar surface area (TPSA) is 74.9 Å². The minimum Gasteiger partial charge on any atom is -0.468 e. The summed E-state index contributed by atoms with van der Waals surface area (Å²) in [5.41, 5.74) is 0.638. The average Bonchev–Trinajstić information content (AvgIpc) is 3.24. The van der Waals surface area contributed by atoms with Crippen LogP contribution in [0.25, 0.3) is 0 Å². The van der Waals surface area contributed by atoms with Gasteiger partial charge in [0.2, 0.25) is 0 Å². The Hall–Kier alpha value is -2.12. The Balaban J connectivity index is 1.62. The van der Waals surface area contributed by atoms with Crippen LogP contribution < -0.4 is 4.72 Å². The van der Waals surface area contributed by atoms with Crippen LogP contribution in [0.15, 0.2) is 57.0 Å². The van der Waals surface area contributed by atoms with E-state index in [2.05, 4.69) is 14.6 Å². The smallest absolute Gasteiger partial charge is 0.263 e. The van der Waals surface area contributed by atoms with E-state index in [4.69, 9.17) is 4.42 Å². The van der Waals surface area contributed by atoms with E-state index >= 15 is 0 Å². The lowest BCUT2D eigenvalue weighted by atomic mass is 10.1. The van der Waals surface area contributed by atoms with E-state index in [0.29, 0.717) is 22.8 Å². The number of sulfonamides is 1. The number of furan rings is 1. The fourth-order valence-corrected chi connectivity index (χ4v) is 4.78. The van der Waals surface area contributed by atoms with Crippen molar-refractivity contribution < 1.29 is 12.8 Å². The SMILES string of the molecule is O=S1(=O)NC(=NC[C@H](c2ccco2)N2CCCCC2)c2ccccc21. The summed E-state index contributed by atoms with van der Waals surface area (Å²) in [4.78, 5) is 7.29. The molecule has 1 aromatic heterocycles. The molecule has 1 atom stereocenters. The number of nitrogens with zero attached hydrogens (tertiary/aromatic N) is 2. The van der Waals surface area contributed by atoms with Crippen LogP contribution in [0.1, 0.15) is 36.6 Å². The lowest BCUT2D eigenvalue weighted by Crippen LogP contribution is -2.35. The number of benzene rings is 1. The summed E-state index contributed by atoms with van der Waals surface area (Å²) in [5, 5.41) is 0. The molecule has 0 amide bonds. The molecule has 0 unspecified atom stereocenters. The van der Waals surface area contributed by atoms with Crippen molar-refractivity contribution in [3.63, 3.8) is 0 Å². The Morgan fingerprint density at radius 3 is 2.68 bits per heavy atom. The molecule has 1 aromatic carbocycles. The van der Waals surface area contributed by atoms with Gasteiger partial charge in [-0.15, -0.1) is 0 Å². The fourth-order valence-electron chi connectivity index (χ4n) is 3.53. The average molecular weight is 359 g/mol. The number of likely N-dealkylation sites (tertiary alicyclic amines) is 1. The summed E-state index contributed by atoms with van der Waals surface area (Å²) in [6.07, 6.45) is 5.27. The van der Waals surface area contributed by atoms with Gasteiger partial charge in [-0.3, -0.25) is 14.6 Å². The van der Waals surface area contributed by atoms with Crippen LogP contribution in [-0.4, -0.2) is 38.8 Å². The molecule has 0 saturated carbocycles. The van der Waals surface area contributed by atoms with Gasteiger partial charge in [0.25, 0.3) is 10.0 Å². The number of amidine groups is 1. The highest BCUT2D eigenvalue weighted by atomic mass is 32.2. The first-order chi connectivity index (χ1) is 12.1. The largest absolute Gasteiger partial charge is 0.468 e. The molecule has 1 fully saturated rings. The van der Waals surface area contributed by atoms with E-state index in [0.717, 1.165) is 18.8 Å². The van der Waals surface area contributed by atoms with Gasteiger partial charge in [-0.25, -0.2) is 8.42 Å². The first-order valence-electron chi connectivity index (χ1n) is 8.59. The third kappa shape index (κ3) is 3.21. The Morgan fingerprint density at radius 1 is 1.12 bits per heavy atom. The van der Waals surface area contributed by atoms with Gasteiger partial charge in [0.05, 0.1) is 23.7 Å². The van der Waals surface area contributed by atoms with Gasteiger partial charge in [0, 0.05) is 5.56 Å². The summed E-state index contributed by atoms with van der Waals surface area (Å²) in [7, 11) is -3.50. The first kappa shape index (κ1) is 16.4. The Labute approximate surface area is 147 Å². The van der Waals surface area contributed by atoms with Crippen molar-refractivity contribution in [1.29, 1.82) is 0 Å². The van der Waals surface area contributed by atoms with Crippen LogP contribution >= 0.6 is 0 Å². The van der Waals surface area contributed by atoms with Gasteiger partial charge < -0.3 is 4.42 Å². The molecule has 1 saturated heterocycles. The molecule has 0 spiro atoms. The number of rotatable bonds is 4. The minimum absolute atomic E-state index is 0.0278. The predicted molar refractivity (Wildman–Crippen MR) is 95.0 cm³/mol. The molecule has 2 aromatic rings. The molecule has 7 heteroatoms. The maximum Gasteiger partial charge on any atom is 0.263 e. The van der Waals surface area contributed by atoms with Crippen molar-refractivity contribution in [3.05, 3.63) is 54.0 Å². The zero-order valence-corrected chi connectivity index (χ0v) is 14.7. The van der Waals surface area contributed by atoms with Gasteiger partial charge in [0.15, 0.2) is 0 Å². The lowest BCUT2D eigenvalue weighted by molar-refractivity contribution is 0.150. The molecule has 4 rings (SSSR count). The van der Waals surface area contributed by atoms with E-state index in [1.54, 1.807) is 24.5 Å². The molecule has 3 heterocycles. The standard InChI is InChI=1S/C18H21N3O3S/c22-25(23)17-9-3-2-7-14(17)18(20-25)19-13-15(16-8-6-12-24-16)21-10-4-1-5-11-21/h2-3,6-9,12,15H,1,4-5,10-11,13H2,(H,19,20)/t15-/m1/s1. The molecule has 0 radical (unpaired) electrons. The number of fused-ring (bicyclic) bond motifs is 1. The van der Waals surface area contributed by atoms with Crippen molar-refractivity contribution in [1.82, 2.24) is 9.62 Å². The number of hydrogen-bond donors (Lipinski definition) is 1. The molecule has 0 aliphatic carbocycles. The summed E-state index contributed by atoms with van der Waals surface area (Å²) in [6, 6.07) is 10.8. The molecule has 132 valence electrons. The fraction of sp³-hybridized carbons (Fsp3) is 0.389. The van der Waals surface area contributed by atoms with Crippen LogP contribution in [0, 0.1) is 0 Å². The summed E-state index contributed by atoms with van der Waals surface area (Å²) in [5.74, 6) is 1.30. The van der Waals surface area contributed by atoms with Gasteiger partial charge in [-0.2, -0.15) is 0 Å². The highest BCUT2D eigenvalue weighted by Gasteiger charge is 2.31. The Kier molecular flexibility index (Phi) is 4.35. The second-order valence-corrected chi connectivity index (χ2v) is 8.07. The van der Waals surface area contributed by atoms with Gasteiger partial charge in [-0.05, 0) is 50.2 Å². The highest BCUT2D eigenvalue weighted by molar-refractivity contribution is 7.90. The van der Waals surface area contributed by atoms with E-state index < -0.39 is 10.0 Å². The monoisotopic (exact) mass is 359 g/mol. The normalized spacial score (nSPS) is 22.5. The third-order valence-electron chi connectivity index (χ3n) is 4.79. The van der Waals surface area contributed by atoms with Crippen LogP contribution in [0.5, 0.6) is 0 Å². The van der Waals surface area contributed by atoms with Crippen molar-refractivity contribution in [2.24, 2.45) is 4.99 Å². The van der Waals surface area contributed by atoms with E-state index in [9.17, 15) is 8.42 Å².